The quantitative estimate of drug-likeness (QED) is 0.799. The maximum Gasteiger partial charge on any atom is 0.0217 e. The van der Waals surface area contributed by atoms with Gasteiger partial charge in [-0.1, -0.05) is 54.6 Å². The van der Waals surface area contributed by atoms with Gasteiger partial charge in [-0.25, -0.2) is 0 Å². The monoisotopic (exact) mass is 250 g/mol. The summed E-state index contributed by atoms with van der Waals surface area (Å²) in [4.78, 5) is 2.59. The lowest BCUT2D eigenvalue weighted by Gasteiger charge is -2.24. The highest BCUT2D eigenvalue weighted by Crippen LogP contribution is 2.26. The summed E-state index contributed by atoms with van der Waals surface area (Å²) in [5, 5.41) is 0. The third kappa shape index (κ3) is 3.05. The van der Waals surface area contributed by atoms with Crippen LogP contribution in [0.15, 0.2) is 54.6 Å². The first-order valence-electron chi connectivity index (χ1n) is 7.17. The first kappa shape index (κ1) is 12.4. The van der Waals surface area contributed by atoms with E-state index >= 15 is 0 Å². The van der Waals surface area contributed by atoms with Crippen LogP contribution in [0.2, 0.25) is 0 Å². The second-order valence-electron chi connectivity index (χ2n) is 5.30. The molecule has 1 fully saturated rings. The van der Waals surface area contributed by atoms with Crippen molar-refractivity contribution in [2.24, 2.45) is 0 Å². The van der Waals surface area contributed by atoms with Gasteiger partial charge >= 0.3 is 0 Å². The summed E-state index contributed by atoms with van der Waals surface area (Å²) < 4.78 is 0. The molecule has 1 heteroatoms. The van der Waals surface area contributed by atoms with Gasteiger partial charge in [0.1, 0.15) is 0 Å². The van der Waals surface area contributed by atoms with Crippen LogP contribution in [0.5, 0.6) is 0 Å². The number of likely N-dealkylation sites (tertiary alicyclic amines) is 1. The molecule has 1 heterocycles. The van der Waals surface area contributed by atoms with Crippen LogP contribution in [-0.4, -0.2) is 24.5 Å². The van der Waals surface area contributed by atoms with E-state index in [-0.39, 0.29) is 0 Å². The number of benzene rings is 2. The van der Waals surface area contributed by atoms with Gasteiger partial charge in [0.15, 0.2) is 0 Å². The minimum atomic E-state index is 0.480. The van der Waals surface area contributed by atoms with Gasteiger partial charge in [0.25, 0.3) is 0 Å². The van der Waals surface area contributed by atoms with Crippen LogP contribution in [0.25, 0.3) is 0 Å². The van der Waals surface area contributed by atoms with E-state index in [0.29, 0.717) is 5.92 Å². The van der Waals surface area contributed by atoms with Crippen molar-refractivity contribution in [3.63, 3.8) is 0 Å². The molecule has 97 valence electrons. The minimum absolute atomic E-state index is 0.480. The van der Waals surface area contributed by atoms with Crippen LogP contribution in [0.4, 0.5) is 0 Å². The van der Waals surface area contributed by atoms with Crippen molar-refractivity contribution < 1.29 is 0 Å². The summed E-state index contributed by atoms with van der Waals surface area (Å²) in [7, 11) is 0. The lowest BCUT2D eigenvalue weighted by molar-refractivity contribution is 0.327. The zero-order chi connectivity index (χ0) is 12.9. The van der Waals surface area contributed by atoms with Crippen molar-refractivity contribution >= 4 is 0 Å². The van der Waals surface area contributed by atoms with E-state index in [2.05, 4.69) is 53.4 Å². The molecule has 1 aliphatic heterocycles. The fourth-order valence-corrected chi connectivity index (χ4v) is 2.94. The van der Waals surface area contributed by atoms with Crippen molar-refractivity contribution in [3.8, 4) is 0 Å². The van der Waals surface area contributed by atoms with Crippen LogP contribution < -0.4 is 0 Å². The van der Waals surface area contributed by atoms with Crippen molar-refractivity contribution in [2.75, 3.05) is 19.6 Å². The molecule has 0 aromatic heterocycles. The van der Waals surface area contributed by atoms with Crippen LogP contribution in [0.1, 0.15) is 29.9 Å². The summed E-state index contributed by atoms with van der Waals surface area (Å²) in [6, 6.07) is 22.4. The van der Waals surface area contributed by atoms with Crippen LogP contribution in [0, 0.1) is 6.07 Å². The standard InChI is InChI=1S/C18H20N/c1-3-9-16(10-4-1)18(15-19-13-7-8-14-19)17-11-5-2-6-12-17/h1,3-6,9-12,18H,7-8,13-15H2. The Balaban J connectivity index is 1.87. The number of hydrogen-bond acceptors (Lipinski definition) is 1. The average molecular weight is 250 g/mol. The third-order valence-corrected chi connectivity index (χ3v) is 3.99. The number of rotatable bonds is 4. The molecule has 0 N–H and O–H groups in total. The van der Waals surface area contributed by atoms with Gasteiger partial charge in [-0.05, 0) is 43.1 Å². The Hall–Kier alpha value is -1.60. The minimum Gasteiger partial charge on any atom is -0.302 e. The molecule has 3 rings (SSSR count). The van der Waals surface area contributed by atoms with E-state index in [1.165, 1.54) is 37.1 Å². The predicted octanol–water partition coefficient (Wildman–Crippen LogP) is 3.71. The molecule has 0 bridgehead atoms. The summed E-state index contributed by atoms with van der Waals surface area (Å²) in [5.74, 6) is 0.480. The first-order chi connectivity index (χ1) is 9.43. The molecular formula is C18H20N. The molecule has 2 aromatic rings. The molecule has 0 aliphatic carbocycles. The van der Waals surface area contributed by atoms with Crippen molar-refractivity contribution in [1.82, 2.24) is 4.90 Å². The van der Waals surface area contributed by atoms with Gasteiger partial charge in [-0.2, -0.15) is 0 Å². The summed E-state index contributed by atoms with van der Waals surface area (Å²) in [6.07, 6.45) is 2.70. The zero-order valence-electron chi connectivity index (χ0n) is 11.3. The SMILES string of the molecule is [c]1ccc(C(CN2CCCC2)c2ccccc2)cc1. The van der Waals surface area contributed by atoms with Crippen LogP contribution >= 0.6 is 0 Å². The summed E-state index contributed by atoms with van der Waals surface area (Å²) in [6.45, 7) is 3.64. The van der Waals surface area contributed by atoms with E-state index in [4.69, 9.17) is 0 Å². The Kier molecular flexibility index (Phi) is 3.95. The van der Waals surface area contributed by atoms with Crippen LogP contribution in [-0.2, 0) is 0 Å². The van der Waals surface area contributed by atoms with Crippen molar-refractivity contribution in [1.29, 1.82) is 0 Å². The smallest absolute Gasteiger partial charge is 0.0217 e. The maximum absolute atomic E-state index is 3.12. The zero-order valence-corrected chi connectivity index (χ0v) is 11.3. The third-order valence-electron chi connectivity index (χ3n) is 3.99. The number of nitrogens with zero attached hydrogens (tertiary/aromatic N) is 1. The fourth-order valence-electron chi connectivity index (χ4n) is 2.94. The van der Waals surface area contributed by atoms with Gasteiger partial charge < -0.3 is 4.90 Å². The molecule has 0 saturated carbocycles. The summed E-state index contributed by atoms with van der Waals surface area (Å²) in [5.41, 5.74) is 2.82. The summed E-state index contributed by atoms with van der Waals surface area (Å²) >= 11 is 0. The highest BCUT2D eigenvalue weighted by atomic mass is 15.1. The highest BCUT2D eigenvalue weighted by molar-refractivity contribution is 5.32. The van der Waals surface area contributed by atoms with E-state index in [9.17, 15) is 0 Å². The molecule has 1 nitrogen and oxygen atoms in total. The highest BCUT2D eigenvalue weighted by Gasteiger charge is 2.20. The Labute approximate surface area is 115 Å². The molecule has 2 aromatic carbocycles. The lowest BCUT2D eigenvalue weighted by atomic mass is 9.91. The van der Waals surface area contributed by atoms with Gasteiger partial charge in [0, 0.05) is 12.5 Å². The maximum atomic E-state index is 3.12. The molecule has 1 unspecified atom stereocenters. The molecule has 19 heavy (non-hydrogen) atoms. The molecule has 1 atom stereocenters. The molecule has 0 spiro atoms. The van der Waals surface area contributed by atoms with E-state index in [1.807, 2.05) is 12.1 Å². The second-order valence-corrected chi connectivity index (χ2v) is 5.30. The molecule has 1 saturated heterocycles. The Bertz CT molecular complexity index is 446. The number of hydrogen-bond donors (Lipinski definition) is 0. The Morgan fingerprint density at radius 3 is 2.21 bits per heavy atom. The molecule has 0 amide bonds. The van der Waals surface area contributed by atoms with E-state index in [1.54, 1.807) is 0 Å². The molecule has 1 radical (unpaired) electrons. The fraction of sp³-hybridized carbons (Fsp3) is 0.333. The second kappa shape index (κ2) is 6.03. The van der Waals surface area contributed by atoms with Gasteiger partial charge in [-0.15, -0.1) is 0 Å². The van der Waals surface area contributed by atoms with Crippen molar-refractivity contribution in [2.45, 2.75) is 18.8 Å². The largest absolute Gasteiger partial charge is 0.302 e. The predicted molar refractivity (Wildman–Crippen MR) is 79.2 cm³/mol. The van der Waals surface area contributed by atoms with E-state index < -0.39 is 0 Å². The normalized spacial score (nSPS) is 16.1. The Morgan fingerprint density at radius 2 is 1.53 bits per heavy atom. The van der Waals surface area contributed by atoms with Gasteiger partial charge in [0.05, 0.1) is 0 Å². The molecule has 1 aliphatic rings. The Morgan fingerprint density at radius 1 is 0.895 bits per heavy atom. The van der Waals surface area contributed by atoms with Gasteiger partial charge in [-0.3, -0.25) is 0 Å². The van der Waals surface area contributed by atoms with E-state index in [0.717, 1.165) is 6.54 Å². The van der Waals surface area contributed by atoms with Crippen LogP contribution in [0.3, 0.4) is 0 Å². The first-order valence-corrected chi connectivity index (χ1v) is 7.17. The van der Waals surface area contributed by atoms with Crippen molar-refractivity contribution in [3.05, 3.63) is 71.8 Å². The lowest BCUT2D eigenvalue weighted by Crippen LogP contribution is -2.26. The van der Waals surface area contributed by atoms with Gasteiger partial charge in [0.2, 0.25) is 0 Å². The topological polar surface area (TPSA) is 3.24 Å². The average Bonchev–Trinajstić information content (AvgIpc) is 3.00. The molecular weight excluding hydrogens is 230 g/mol.